The number of benzene rings is 2. The van der Waals surface area contributed by atoms with E-state index in [0.717, 1.165) is 25.0 Å². The van der Waals surface area contributed by atoms with Crippen LogP contribution in [0.3, 0.4) is 0 Å². The molecule has 1 aliphatic heterocycles. The van der Waals surface area contributed by atoms with Crippen molar-refractivity contribution < 1.29 is 19.0 Å². The smallest absolute Gasteiger partial charge is 0.236 e. The molecule has 5 nitrogen and oxygen atoms in total. The molecular weight excluding hydrogens is 395 g/mol. The molecule has 0 aliphatic carbocycles. The van der Waals surface area contributed by atoms with Gasteiger partial charge in [-0.05, 0) is 31.0 Å². The van der Waals surface area contributed by atoms with Crippen LogP contribution in [0.1, 0.15) is 24.0 Å². The summed E-state index contributed by atoms with van der Waals surface area (Å²) in [6, 6.07) is 11.6. The zero-order valence-electron chi connectivity index (χ0n) is 16.5. The van der Waals surface area contributed by atoms with Gasteiger partial charge in [-0.25, -0.2) is 4.39 Å². The minimum atomic E-state index is -0.428. The summed E-state index contributed by atoms with van der Waals surface area (Å²) >= 11 is 6.09. The van der Waals surface area contributed by atoms with Gasteiger partial charge >= 0.3 is 0 Å². The Labute approximate surface area is 175 Å². The number of phenols is 1. The summed E-state index contributed by atoms with van der Waals surface area (Å²) in [6.07, 6.45) is 2.03. The summed E-state index contributed by atoms with van der Waals surface area (Å²) < 4.78 is 19.8. The van der Waals surface area contributed by atoms with Crippen molar-refractivity contribution in [1.82, 2.24) is 9.80 Å². The molecule has 1 heterocycles. The van der Waals surface area contributed by atoms with Gasteiger partial charge in [0.05, 0.1) is 12.6 Å². The first kappa shape index (κ1) is 21.6. The average Bonchev–Trinajstić information content (AvgIpc) is 3.19. The highest BCUT2D eigenvalue weighted by molar-refractivity contribution is 6.31. The monoisotopic (exact) mass is 420 g/mol. The first-order valence-electron chi connectivity index (χ1n) is 9.71. The summed E-state index contributed by atoms with van der Waals surface area (Å²) in [7, 11) is 1.63. The fourth-order valence-electron chi connectivity index (χ4n) is 3.47. The van der Waals surface area contributed by atoms with Crippen molar-refractivity contribution >= 4 is 17.5 Å². The van der Waals surface area contributed by atoms with Gasteiger partial charge in [-0.1, -0.05) is 35.9 Å². The molecule has 0 aromatic heterocycles. The average molecular weight is 421 g/mol. The Morgan fingerprint density at radius 3 is 2.72 bits per heavy atom. The zero-order valence-corrected chi connectivity index (χ0v) is 17.2. The molecule has 0 spiro atoms. The molecule has 156 valence electrons. The van der Waals surface area contributed by atoms with E-state index in [4.69, 9.17) is 16.3 Å². The summed E-state index contributed by atoms with van der Waals surface area (Å²) in [4.78, 5) is 16.3. The molecular formula is C22H26ClFN2O3. The number of likely N-dealkylation sites (N-methyl/N-ethyl adjacent to an activating group) is 1. The molecule has 1 unspecified atom stereocenters. The first-order valence-corrected chi connectivity index (χ1v) is 10.1. The van der Waals surface area contributed by atoms with Gasteiger partial charge in [-0.3, -0.25) is 9.69 Å². The highest BCUT2D eigenvalue weighted by Gasteiger charge is 2.23. The van der Waals surface area contributed by atoms with Crippen LogP contribution < -0.4 is 0 Å². The molecule has 7 heteroatoms. The van der Waals surface area contributed by atoms with Gasteiger partial charge in [0.15, 0.2) is 0 Å². The maximum absolute atomic E-state index is 14.1. The third-order valence-corrected chi connectivity index (χ3v) is 5.47. The number of amides is 1. The fourth-order valence-corrected chi connectivity index (χ4v) is 3.69. The lowest BCUT2D eigenvalue weighted by atomic mass is 10.1. The number of para-hydroxylation sites is 1. The molecule has 2 aromatic rings. The van der Waals surface area contributed by atoms with Gasteiger partial charge in [-0.2, -0.15) is 0 Å². The number of phenolic OH excluding ortho intramolecular Hbond substituents is 1. The second kappa shape index (κ2) is 10.1. The van der Waals surface area contributed by atoms with Crippen LogP contribution in [0, 0.1) is 5.82 Å². The topological polar surface area (TPSA) is 53.0 Å². The Morgan fingerprint density at radius 1 is 1.24 bits per heavy atom. The number of hydrogen-bond acceptors (Lipinski definition) is 4. The van der Waals surface area contributed by atoms with E-state index in [1.54, 1.807) is 31.3 Å². The molecule has 0 bridgehead atoms. The van der Waals surface area contributed by atoms with Gasteiger partial charge < -0.3 is 14.7 Å². The second-order valence-corrected chi connectivity index (χ2v) is 7.79. The molecule has 1 fully saturated rings. The third-order valence-electron chi connectivity index (χ3n) is 5.11. The molecule has 1 N–H and O–H groups in total. The normalized spacial score (nSPS) is 16.3. The molecule has 1 aliphatic rings. The number of hydrogen-bond donors (Lipinski definition) is 1. The number of carbonyl (C=O) groups is 1. The molecule has 0 radical (unpaired) electrons. The van der Waals surface area contributed by atoms with Crippen molar-refractivity contribution in [2.24, 2.45) is 0 Å². The van der Waals surface area contributed by atoms with E-state index in [2.05, 4.69) is 0 Å². The number of ether oxygens (including phenoxy) is 1. The quantitative estimate of drug-likeness (QED) is 0.705. The molecule has 1 saturated heterocycles. The summed E-state index contributed by atoms with van der Waals surface area (Å²) in [5.74, 6) is -0.385. The lowest BCUT2D eigenvalue weighted by Gasteiger charge is -2.27. The third kappa shape index (κ3) is 5.92. The van der Waals surface area contributed by atoms with E-state index in [9.17, 15) is 14.3 Å². The van der Waals surface area contributed by atoms with Crippen LogP contribution in [-0.2, 0) is 22.6 Å². The molecule has 3 rings (SSSR count). The molecule has 1 amide bonds. The standard InChI is InChI=1S/C22H26ClFN2O3/c1-25(14-18-19(23)8-4-9-20(18)24)22(28)15-26(13-17-7-5-11-29-17)12-16-6-2-3-10-21(16)27/h2-4,6,8-10,17,27H,5,7,11-15H2,1H3. The Balaban J connectivity index is 1.68. The predicted molar refractivity (Wildman–Crippen MR) is 110 cm³/mol. The minimum Gasteiger partial charge on any atom is -0.508 e. The van der Waals surface area contributed by atoms with Crippen molar-refractivity contribution in [2.75, 3.05) is 26.7 Å². The van der Waals surface area contributed by atoms with Crippen LogP contribution in [0.25, 0.3) is 0 Å². The Kier molecular flexibility index (Phi) is 7.47. The second-order valence-electron chi connectivity index (χ2n) is 7.38. The molecule has 0 saturated carbocycles. The van der Waals surface area contributed by atoms with Crippen molar-refractivity contribution in [2.45, 2.75) is 32.0 Å². The van der Waals surface area contributed by atoms with Crippen LogP contribution in [0.5, 0.6) is 5.75 Å². The largest absolute Gasteiger partial charge is 0.508 e. The number of aromatic hydroxyl groups is 1. The number of nitrogens with zero attached hydrogens (tertiary/aromatic N) is 2. The molecule has 2 aromatic carbocycles. The van der Waals surface area contributed by atoms with Crippen molar-refractivity contribution in [3.05, 3.63) is 64.4 Å². The predicted octanol–water partition coefficient (Wildman–Crippen LogP) is 3.82. The van der Waals surface area contributed by atoms with E-state index in [1.807, 2.05) is 17.0 Å². The SMILES string of the molecule is CN(Cc1c(F)cccc1Cl)C(=O)CN(Cc1ccccc1O)CC1CCCO1. The first-order chi connectivity index (χ1) is 13.9. The van der Waals surface area contributed by atoms with Gasteiger partial charge in [-0.15, -0.1) is 0 Å². The van der Waals surface area contributed by atoms with Crippen molar-refractivity contribution in [3.63, 3.8) is 0 Å². The van der Waals surface area contributed by atoms with Crippen LogP contribution in [0.15, 0.2) is 42.5 Å². The minimum absolute atomic E-state index is 0.0694. The molecule has 29 heavy (non-hydrogen) atoms. The van der Waals surface area contributed by atoms with Crippen LogP contribution >= 0.6 is 11.6 Å². The highest BCUT2D eigenvalue weighted by atomic mass is 35.5. The van der Waals surface area contributed by atoms with E-state index in [1.165, 1.54) is 11.0 Å². The number of carbonyl (C=O) groups excluding carboxylic acids is 1. The van der Waals surface area contributed by atoms with Crippen LogP contribution in [0.2, 0.25) is 5.02 Å². The number of halogens is 2. The summed E-state index contributed by atoms with van der Waals surface area (Å²) in [5.41, 5.74) is 1.05. The lowest BCUT2D eigenvalue weighted by molar-refractivity contribution is -0.132. The van der Waals surface area contributed by atoms with E-state index >= 15 is 0 Å². The number of rotatable bonds is 8. The summed E-state index contributed by atoms with van der Waals surface area (Å²) in [6.45, 7) is 1.97. The van der Waals surface area contributed by atoms with Gasteiger partial charge in [0.1, 0.15) is 11.6 Å². The maximum atomic E-state index is 14.1. The van der Waals surface area contributed by atoms with Crippen LogP contribution in [0.4, 0.5) is 4.39 Å². The van der Waals surface area contributed by atoms with Crippen molar-refractivity contribution in [3.8, 4) is 5.75 Å². The Bertz CT molecular complexity index is 822. The Hall–Kier alpha value is -2.15. The van der Waals surface area contributed by atoms with Crippen molar-refractivity contribution in [1.29, 1.82) is 0 Å². The van der Waals surface area contributed by atoms with E-state index in [-0.39, 0.29) is 30.9 Å². The van der Waals surface area contributed by atoms with Gasteiger partial charge in [0.2, 0.25) is 5.91 Å². The van der Waals surface area contributed by atoms with Gasteiger partial charge in [0.25, 0.3) is 0 Å². The molecule has 1 atom stereocenters. The fraction of sp³-hybridized carbons (Fsp3) is 0.409. The Morgan fingerprint density at radius 2 is 2.03 bits per heavy atom. The lowest BCUT2D eigenvalue weighted by Crippen LogP contribution is -2.41. The zero-order chi connectivity index (χ0) is 20.8. The van der Waals surface area contributed by atoms with E-state index in [0.29, 0.717) is 23.7 Å². The van der Waals surface area contributed by atoms with E-state index < -0.39 is 5.82 Å². The van der Waals surface area contributed by atoms with Gasteiger partial charge in [0, 0.05) is 49.4 Å². The highest BCUT2D eigenvalue weighted by Crippen LogP contribution is 2.22. The maximum Gasteiger partial charge on any atom is 0.236 e. The summed E-state index contributed by atoms with van der Waals surface area (Å²) in [5, 5.41) is 10.4. The van der Waals surface area contributed by atoms with Crippen LogP contribution in [-0.4, -0.2) is 53.7 Å².